The van der Waals surface area contributed by atoms with Crippen LogP contribution in [0.5, 0.6) is 11.6 Å². The van der Waals surface area contributed by atoms with Gasteiger partial charge in [-0.25, -0.2) is 27.2 Å². The van der Waals surface area contributed by atoms with Gasteiger partial charge in [-0.3, -0.25) is 5.32 Å². The van der Waals surface area contributed by atoms with Crippen molar-refractivity contribution in [2.24, 2.45) is 0 Å². The number of alkyl halides is 2. The number of benzene rings is 1. The predicted octanol–water partition coefficient (Wildman–Crippen LogP) is 4.43. The van der Waals surface area contributed by atoms with Gasteiger partial charge in [-0.15, -0.1) is 0 Å². The number of esters is 1. The van der Waals surface area contributed by atoms with E-state index < -0.39 is 41.7 Å². The quantitative estimate of drug-likeness (QED) is 0.243. The van der Waals surface area contributed by atoms with Crippen molar-refractivity contribution < 1.29 is 41.4 Å². The van der Waals surface area contributed by atoms with Crippen molar-refractivity contribution in [3.63, 3.8) is 0 Å². The summed E-state index contributed by atoms with van der Waals surface area (Å²) < 4.78 is 73.9. The van der Waals surface area contributed by atoms with E-state index in [0.29, 0.717) is 32.6 Å². The number of halogens is 4. The number of anilines is 1. The second kappa shape index (κ2) is 12.9. The molecule has 2 N–H and O–H groups in total. The van der Waals surface area contributed by atoms with Crippen LogP contribution >= 0.6 is 11.5 Å². The summed E-state index contributed by atoms with van der Waals surface area (Å²) in [6, 6.07) is 1.54. The zero-order valence-corrected chi connectivity index (χ0v) is 21.2. The van der Waals surface area contributed by atoms with Crippen LogP contribution in [0.4, 0.5) is 27.4 Å². The van der Waals surface area contributed by atoms with Crippen LogP contribution in [0.1, 0.15) is 41.6 Å². The van der Waals surface area contributed by atoms with Crippen LogP contribution in [0.3, 0.4) is 0 Å². The molecule has 0 atom stereocenters. The number of carbonyl (C=O) groups is 2. The Labute approximate surface area is 215 Å². The number of rotatable bonds is 11. The summed E-state index contributed by atoms with van der Waals surface area (Å²) in [7, 11) is 2.36. The second-order valence-corrected chi connectivity index (χ2v) is 9.07. The van der Waals surface area contributed by atoms with Crippen LogP contribution in [0, 0.1) is 11.6 Å². The molecule has 204 valence electrons. The van der Waals surface area contributed by atoms with Crippen LogP contribution in [-0.2, 0) is 11.3 Å². The Balaban J connectivity index is 1.52. The highest BCUT2D eigenvalue weighted by atomic mass is 32.1. The molecular weight excluding hydrogens is 520 g/mol. The minimum atomic E-state index is -2.58. The van der Waals surface area contributed by atoms with Crippen LogP contribution in [0.15, 0.2) is 12.1 Å². The molecule has 37 heavy (non-hydrogen) atoms. The number of unbranched alkanes of at least 4 members (excludes halogenated alkanes) is 1. The molecule has 2 aromatic rings. The first kappa shape index (κ1) is 28.4. The van der Waals surface area contributed by atoms with E-state index in [1.165, 1.54) is 7.11 Å². The van der Waals surface area contributed by atoms with Gasteiger partial charge in [-0.05, 0) is 43.1 Å². The fraction of sp³-hybridized carbons (Fsp3) is 0.522. The van der Waals surface area contributed by atoms with Crippen molar-refractivity contribution in [2.45, 2.75) is 38.2 Å². The van der Waals surface area contributed by atoms with Gasteiger partial charge in [0.05, 0.1) is 19.8 Å². The second-order valence-electron chi connectivity index (χ2n) is 8.30. The summed E-state index contributed by atoms with van der Waals surface area (Å²) >= 11 is 0.734. The van der Waals surface area contributed by atoms with Gasteiger partial charge in [0, 0.05) is 32.5 Å². The van der Waals surface area contributed by atoms with E-state index in [0.717, 1.165) is 37.2 Å². The van der Waals surface area contributed by atoms with Crippen molar-refractivity contribution in [2.75, 3.05) is 45.7 Å². The number of ether oxygens (including phenoxy) is 3. The smallest absolute Gasteiger partial charge is 0.346 e. The molecule has 0 unspecified atom stereocenters. The Hall–Kier alpha value is -3.13. The highest BCUT2D eigenvalue weighted by Gasteiger charge is 2.33. The number of likely N-dealkylation sites (tertiary alicyclic amines) is 1. The average molecular weight is 549 g/mol. The predicted molar refractivity (Wildman–Crippen MR) is 128 cm³/mol. The Morgan fingerprint density at radius 1 is 1.16 bits per heavy atom. The molecule has 0 spiro atoms. The number of nitrogens with one attached hydrogen (secondary N) is 2. The molecule has 1 fully saturated rings. The molecular formula is C23H28F4N4O5S. The van der Waals surface area contributed by atoms with Crippen LogP contribution in [0.2, 0.25) is 0 Å². The molecule has 1 aliphatic heterocycles. The topological polar surface area (TPSA) is 102 Å². The van der Waals surface area contributed by atoms with Crippen LogP contribution in [0.25, 0.3) is 0 Å². The van der Waals surface area contributed by atoms with E-state index >= 15 is 0 Å². The van der Waals surface area contributed by atoms with Gasteiger partial charge in [0.25, 0.3) is 5.92 Å². The van der Waals surface area contributed by atoms with E-state index in [9.17, 15) is 27.2 Å². The fourth-order valence-electron chi connectivity index (χ4n) is 3.66. The maximum Gasteiger partial charge on any atom is 0.346 e. The number of methoxy groups -OCH3 is 2. The van der Waals surface area contributed by atoms with Crippen LogP contribution in [-0.4, -0.2) is 67.6 Å². The van der Waals surface area contributed by atoms with E-state index in [4.69, 9.17) is 14.2 Å². The summed E-state index contributed by atoms with van der Waals surface area (Å²) in [4.78, 5) is 26.6. The number of piperidine rings is 1. The molecule has 2 amide bonds. The number of nitrogens with zero attached hydrogens (tertiary/aromatic N) is 2. The Bertz CT molecular complexity index is 1090. The Morgan fingerprint density at radius 2 is 1.89 bits per heavy atom. The van der Waals surface area contributed by atoms with Gasteiger partial charge < -0.3 is 24.4 Å². The highest BCUT2D eigenvalue weighted by Crippen LogP contribution is 2.33. The van der Waals surface area contributed by atoms with Gasteiger partial charge in [0.2, 0.25) is 5.88 Å². The molecule has 1 aliphatic rings. The molecule has 3 rings (SSSR count). The SMILES string of the molecule is COC(=O)c1c(OCc2c(F)ccc(OC)c2F)nsc1NC(=O)NCCCCN1CCC(F)(F)CC1. The van der Waals surface area contributed by atoms with E-state index in [2.05, 4.69) is 15.0 Å². The van der Waals surface area contributed by atoms with Crippen molar-refractivity contribution in [3.8, 4) is 11.6 Å². The number of urea groups is 1. The van der Waals surface area contributed by atoms with E-state index in [-0.39, 0.29) is 35.0 Å². The van der Waals surface area contributed by atoms with Gasteiger partial charge in [0.1, 0.15) is 17.4 Å². The summed E-state index contributed by atoms with van der Waals surface area (Å²) in [5.74, 6) is -5.71. The van der Waals surface area contributed by atoms with Crippen LogP contribution < -0.4 is 20.1 Å². The molecule has 0 saturated carbocycles. The largest absolute Gasteiger partial charge is 0.494 e. The molecule has 0 radical (unpaired) electrons. The minimum Gasteiger partial charge on any atom is -0.494 e. The third-order valence-electron chi connectivity index (χ3n) is 5.78. The lowest BCUT2D eigenvalue weighted by atomic mass is 10.1. The molecule has 1 aromatic heterocycles. The molecule has 1 aromatic carbocycles. The summed E-state index contributed by atoms with van der Waals surface area (Å²) in [6.07, 6.45) is 1.06. The standard InChI is InChI=1S/C23H28F4N4O5S/c1-34-16-6-5-15(24)14(18(16)25)13-36-19-17(21(32)35-2)20(37-30-19)29-22(33)28-9-3-4-10-31-11-7-23(26,27)8-12-31/h5-6H,3-4,7-13H2,1-2H3,(H2,28,29,33). The maximum absolute atomic E-state index is 14.4. The van der Waals surface area contributed by atoms with Gasteiger partial charge in [0.15, 0.2) is 17.1 Å². The van der Waals surface area contributed by atoms with Gasteiger partial charge >= 0.3 is 12.0 Å². The van der Waals surface area contributed by atoms with Crippen molar-refractivity contribution in [3.05, 3.63) is 34.9 Å². The number of hydrogen-bond donors (Lipinski definition) is 2. The molecule has 14 heteroatoms. The number of aromatic nitrogens is 1. The van der Waals surface area contributed by atoms with Crippen molar-refractivity contribution >= 4 is 28.5 Å². The fourth-order valence-corrected chi connectivity index (χ4v) is 4.38. The maximum atomic E-state index is 14.4. The highest BCUT2D eigenvalue weighted by molar-refractivity contribution is 7.11. The minimum absolute atomic E-state index is 0.0279. The third-order valence-corrected chi connectivity index (χ3v) is 6.52. The first-order chi connectivity index (χ1) is 17.6. The van der Waals surface area contributed by atoms with E-state index in [1.807, 2.05) is 4.90 Å². The lowest BCUT2D eigenvalue weighted by molar-refractivity contribution is -0.0552. The number of hydrogen-bond acceptors (Lipinski definition) is 8. The number of amides is 2. The van der Waals surface area contributed by atoms with Crippen molar-refractivity contribution in [1.82, 2.24) is 14.6 Å². The molecule has 2 heterocycles. The Kier molecular flexibility index (Phi) is 9.92. The first-order valence-electron chi connectivity index (χ1n) is 11.5. The molecule has 0 aliphatic carbocycles. The lowest BCUT2D eigenvalue weighted by Gasteiger charge is -2.31. The first-order valence-corrected chi connectivity index (χ1v) is 12.3. The summed E-state index contributed by atoms with van der Waals surface area (Å²) in [5.41, 5.74) is -0.623. The molecule has 0 bridgehead atoms. The molecule has 1 saturated heterocycles. The zero-order chi connectivity index (χ0) is 27.0. The van der Waals surface area contributed by atoms with Gasteiger partial charge in [-0.2, -0.15) is 4.37 Å². The molecule has 9 nitrogen and oxygen atoms in total. The van der Waals surface area contributed by atoms with Gasteiger partial charge in [-0.1, -0.05) is 0 Å². The lowest BCUT2D eigenvalue weighted by Crippen LogP contribution is -2.40. The van der Waals surface area contributed by atoms with E-state index in [1.54, 1.807) is 0 Å². The van der Waals surface area contributed by atoms with Crippen molar-refractivity contribution in [1.29, 1.82) is 0 Å². The average Bonchev–Trinajstić information content (AvgIpc) is 3.26. The zero-order valence-electron chi connectivity index (χ0n) is 20.4. The Morgan fingerprint density at radius 3 is 2.57 bits per heavy atom. The summed E-state index contributed by atoms with van der Waals surface area (Å²) in [6.45, 7) is 1.09. The monoisotopic (exact) mass is 548 g/mol. The summed E-state index contributed by atoms with van der Waals surface area (Å²) in [5, 5.41) is 5.17. The normalized spacial score (nSPS) is 15.2. The third kappa shape index (κ3) is 7.68. The number of carbonyl (C=O) groups excluding carboxylic acids is 2.